The summed E-state index contributed by atoms with van der Waals surface area (Å²) >= 11 is 18.4. The summed E-state index contributed by atoms with van der Waals surface area (Å²) in [5.41, 5.74) is -0.716. The van der Waals surface area contributed by atoms with E-state index in [1.807, 2.05) is 30.3 Å². The molecule has 182 valence electrons. The monoisotopic (exact) mass is 542 g/mol. The van der Waals surface area contributed by atoms with Gasteiger partial charge in [0.25, 0.3) is 5.91 Å². The van der Waals surface area contributed by atoms with Crippen LogP contribution < -0.4 is 10.2 Å². The van der Waals surface area contributed by atoms with Gasteiger partial charge in [-0.15, -0.1) is 0 Å². The Morgan fingerprint density at radius 1 is 0.914 bits per heavy atom. The number of benzene rings is 3. The van der Waals surface area contributed by atoms with Crippen molar-refractivity contribution in [3.8, 4) is 0 Å². The fourth-order valence-electron chi connectivity index (χ4n) is 3.49. The minimum atomic E-state index is -4.66. The van der Waals surface area contributed by atoms with Gasteiger partial charge in [0.2, 0.25) is 9.63 Å². The molecule has 1 heterocycles. The second-order valence-electron chi connectivity index (χ2n) is 7.63. The number of fused-ring (bicyclic) bond motifs is 1. The lowest BCUT2D eigenvalue weighted by molar-refractivity contribution is -0.137. The maximum Gasteiger partial charge on any atom is 0.416 e. The number of amidine groups is 1. The van der Waals surface area contributed by atoms with Gasteiger partial charge >= 0.3 is 12.2 Å². The third kappa shape index (κ3) is 5.17. The van der Waals surface area contributed by atoms with E-state index >= 15 is 0 Å². The van der Waals surface area contributed by atoms with Crippen LogP contribution in [-0.2, 0) is 11.0 Å². The normalized spacial score (nSPS) is 16.9. The fourth-order valence-corrected chi connectivity index (χ4v) is 3.80. The average molecular weight is 544 g/mol. The number of nitrogens with zero attached hydrogens (tertiary/aromatic N) is 3. The van der Waals surface area contributed by atoms with Crippen molar-refractivity contribution in [2.45, 2.75) is 16.1 Å². The molecule has 1 aliphatic heterocycles. The van der Waals surface area contributed by atoms with Gasteiger partial charge in [0.1, 0.15) is 0 Å². The summed E-state index contributed by atoms with van der Waals surface area (Å²) < 4.78 is 37.7. The van der Waals surface area contributed by atoms with Crippen molar-refractivity contribution in [3.05, 3.63) is 72.3 Å². The highest BCUT2D eigenvalue weighted by atomic mass is 35.6. The Balaban J connectivity index is 1.76. The van der Waals surface area contributed by atoms with Crippen molar-refractivity contribution >= 4 is 74.7 Å². The van der Waals surface area contributed by atoms with Gasteiger partial charge in [0.05, 0.1) is 11.3 Å². The van der Waals surface area contributed by atoms with Gasteiger partial charge in [-0.05, 0) is 41.1 Å². The van der Waals surface area contributed by atoms with Crippen molar-refractivity contribution in [1.29, 1.82) is 0 Å². The summed E-state index contributed by atoms with van der Waals surface area (Å²) in [6, 6.07) is 15.9. The summed E-state index contributed by atoms with van der Waals surface area (Å²) in [4.78, 5) is 31.3. The molecule has 3 amide bonds. The van der Waals surface area contributed by atoms with Crippen LogP contribution in [0.25, 0.3) is 10.8 Å². The molecule has 3 aromatic carbocycles. The van der Waals surface area contributed by atoms with Gasteiger partial charge in [-0.3, -0.25) is 9.69 Å². The first-order valence-electron chi connectivity index (χ1n) is 10.1. The van der Waals surface area contributed by atoms with Crippen molar-refractivity contribution in [1.82, 2.24) is 4.90 Å². The second-order valence-corrected chi connectivity index (χ2v) is 10.0. The topological polar surface area (TPSA) is 65.0 Å². The molecule has 6 nitrogen and oxygen atoms in total. The maximum atomic E-state index is 13.2. The van der Waals surface area contributed by atoms with Gasteiger partial charge in [-0.1, -0.05) is 71.2 Å². The lowest BCUT2D eigenvalue weighted by atomic mass is 10.1. The number of hydrogen-bond donors (Lipinski definition) is 1. The number of amides is 3. The van der Waals surface area contributed by atoms with E-state index in [4.69, 9.17) is 34.8 Å². The minimum Gasteiger partial charge on any atom is -0.360 e. The molecule has 1 fully saturated rings. The largest absolute Gasteiger partial charge is 0.416 e. The molecule has 0 bridgehead atoms. The molecule has 12 heteroatoms. The number of alkyl halides is 6. The van der Waals surface area contributed by atoms with Crippen LogP contribution >= 0.6 is 34.8 Å². The zero-order chi connectivity index (χ0) is 25.5. The smallest absolute Gasteiger partial charge is 0.360 e. The van der Waals surface area contributed by atoms with Crippen LogP contribution in [0.5, 0.6) is 0 Å². The van der Waals surface area contributed by atoms with E-state index in [1.54, 1.807) is 12.1 Å². The molecule has 4 rings (SSSR count). The minimum absolute atomic E-state index is 0.213. The first-order chi connectivity index (χ1) is 16.4. The Labute approximate surface area is 212 Å². The van der Waals surface area contributed by atoms with Crippen molar-refractivity contribution in [3.63, 3.8) is 0 Å². The lowest BCUT2D eigenvalue weighted by Gasteiger charge is -2.25. The molecule has 1 aliphatic rings. The molecule has 1 atom stereocenters. The van der Waals surface area contributed by atoms with E-state index in [9.17, 15) is 22.8 Å². The molecule has 0 saturated carbocycles. The van der Waals surface area contributed by atoms with Gasteiger partial charge in [-0.25, -0.2) is 14.7 Å². The molecule has 0 spiro atoms. The number of nitrogens with one attached hydrogen (secondary N) is 1. The number of halogens is 6. The SMILES string of the molecule is CN1C(=O)C(=NC(Nc2ccc3ccccc3c2)C(Cl)(Cl)Cl)N(c2cccc(C(F)(F)F)c2)C1=O. The molecule has 1 saturated heterocycles. The summed E-state index contributed by atoms with van der Waals surface area (Å²) in [7, 11) is 1.18. The third-order valence-corrected chi connectivity index (χ3v) is 5.85. The molecule has 1 unspecified atom stereocenters. The van der Waals surface area contributed by atoms with E-state index in [0.29, 0.717) is 10.6 Å². The lowest BCUT2D eigenvalue weighted by Crippen LogP contribution is -2.38. The number of hydrogen-bond acceptors (Lipinski definition) is 4. The number of anilines is 2. The van der Waals surface area contributed by atoms with E-state index < -0.39 is 39.5 Å². The van der Waals surface area contributed by atoms with E-state index in [-0.39, 0.29) is 5.69 Å². The number of likely N-dealkylation sites (N-methyl/N-ethyl adjacent to an activating group) is 1. The first-order valence-corrected chi connectivity index (χ1v) is 11.2. The van der Waals surface area contributed by atoms with Gasteiger partial charge in [0.15, 0.2) is 6.17 Å². The summed E-state index contributed by atoms with van der Waals surface area (Å²) in [5, 5.41) is 4.77. The Morgan fingerprint density at radius 3 is 2.26 bits per heavy atom. The molecular formula is C23H16Cl3F3N4O2. The summed E-state index contributed by atoms with van der Waals surface area (Å²) in [6.45, 7) is 0. The first kappa shape index (κ1) is 25.1. The molecule has 1 N–H and O–H groups in total. The quantitative estimate of drug-likeness (QED) is 0.303. The third-order valence-electron chi connectivity index (χ3n) is 5.23. The van der Waals surface area contributed by atoms with Crippen molar-refractivity contribution in [2.24, 2.45) is 4.99 Å². The zero-order valence-electron chi connectivity index (χ0n) is 17.9. The van der Waals surface area contributed by atoms with Crippen LogP contribution in [0.15, 0.2) is 71.7 Å². The number of aliphatic imine (C=N–C) groups is 1. The summed E-state index contributed by atoms with van der Waals surface area (Å²) in [5.74, 6) is -1.37. The van der Waals surface area contributed by atoms with Crippen LogP contribution in [0.2, 0.25) is 0 Å². The Kier molecular flexibility index (Phi) is 6.61. The Hall–Kier alpha value is -3.01. The highest BCUT2D eigenvalue weighted by Gasteiger charge is 2.44. The van der Waals surface area contributed by atoms with E-state index in [2.05, 4.69) is 10.3 Å². The Morgan fingerprint density at radius 2 is 1.60 bits per heavy atom. The standard InChI is InChI=1S/C23H16Cl3F3N4O2/c1-32-19(34)18(33(21(32)35)17-8-4-7-15(12-17)23(27,28)29)31-20(22(24,25)26)30-16-10-9-13-5-2-3-6-14(13)11-16/h2-12,20,30H,1H3. The van der Waals surface area contributed by atoms with Gasteiger partial charge in [-0.2, -0.15) is 13.2 Å². The van der Waals surface area contributed by atoms with Gasteiger partial charge in [0, 0.05) is 12.7 Å². The van der Waals surface area contributed by atoms with Crippen molar-refractivity contribution < 1.29 is 22.8 Å². The fraction of sp³-hybridized carbons (Fsp3) is 0.174. The predicted molar refractivity (Wildman–Crippen MR) is 131 cm³/mol. The zero-order valence-corrected chi connectivity index (χ0v) is 20.1. The second kappa shape index (κ2) is 9.22. The van der Waals surface area contributed by atoms with Gasteiger partial charge < -0.3 is 5.32 Å². The maximum absolute atomic E-state index is 13.2. The van der Waals surface area contributed by atoms with E-state index in [1.165, 1.54) is 13.1 Å². The predicted octanol–water partition coefficient (Wildman–Crippen LogP) is 6.46. The van der Waals surface area contributed by atoms with E-state index in [0.717, 1.165) is 33.9 Å². The number of urea groups is 1. The highest BCUT2D eigenvalue weighted by molar-refractivity contribution is 6.68. The van der Waals surface area contributed by atoms with Crippen LogP contribution in [0.1, 0.15) is 5.56 Å². The molecule has 3 aromatic rings. The molecular weight excluding hydrogens is 528 g/mol. The van der Waals surface area contributed by atoms with Crippen molar-refractivity contribution in [2.75, 3.05) is 17.3 Å². The summed E-state index contributed by atoms with van der Waals surface area (Å²) in [6.07, 6.45) is -6.04. The molecule has 0 radical (unpaired) electrons. The number of carbonyl (C=O) groups excluding carboxylic acids is 2. The molecule has 35 heavy (non-hydrogen) atoms. The van der Waals surface area contributed by atoms with Crippen LogP contribution in [-0.4, -0.2) is 39.7 Å². The Bertz CT molecular complexity index is 1340. The van der Waals surface area contributed by atoms with Crippen LogP contribution in [0.3, 0.4) is 0 Å². The van der Waals surface area contributed by atoms with Crippen LogP contribution in [0.4, 0.5) is 29.3 Å². The highest BCUT2D eigenvalue weighted by Crippen LogP contribution is 2.36. The van der Waals surface area contributed by atoms with Crippen LogP contribution in [0, 0.1) is 0 Å². The number of carbonyl (C=O) groups is 2. The average Bonchev–Trinajstić information content (AvgIpc) is 3.01. The molecule has 0 aromatic heterocycles. The molecule has 0 aliphatic carbocycles. The number of imide groups is 1. The number of rotatable bonds is 4.